The van der Waals surface area contributed by atoms with Gasteiger partial charge in [-0.25, -0.2) is 0 Å². The van der Waals surface area contributed by atoms with E-state index in [4.69, 9.17) is 5.11 Å². The predicted octanol–water partition coefficient (Wildman–Crippen LogP) is 2.43. The van der Waals surface area contributed by atoms with Crippen LogP contribution in [-0.2, 0) is 0 Å². The average Bonchev–Trinajstić information content (AvgIpc) is 2.61. The van der Waals surface area contributed by atoms with E-state index in [0.29, 0.717) is 6.61 Å². The highest BCUT2D eigenvalue weighted by Crippen LogP contribution is 2.18. The lowest BCUT2D eigenvalue weighted by molar-refractivity contribution is 0.133. The van der Waals surface area contributed by atoms with Crippen molar-refractivity contribution in [1.29, 1.82) is 0 Å². The molecule has 4 heteroatoms. The molecule has 0 aromatic rings. The van der Waals surface area contributed by atoms with E-state index in [1.807, 2.05) is 27.7 Å². The van der Waals surface area contributed by atoms with Gasteiger partial charge in [-0.1, -0.05) is 27.7 Å². The molecule has 2 N–H and O–H groups in total. The van der Waals surface area contributed by atoms with Gasteiger partial charge in [-0.05, 0) is 51.2 Å². The molecule has 0 unspecified atom stereocenters. The summed E-state index contributed by atoms with van der Waals surface area (Å²) in [5.41, 5.74) is 0. The van der Waals surface area contributed by atoms with Crippen molar-refractivity contribution < 1.29 is 5.11 Å². The number of piperazine rings is 1. The molecule has 2 heterocycles. The van der Waals surface area contributed by atoms with Crippen molar-refractivity contribution in [3.63, 3.8) is 0 Å². The molecule has 0 aromatic carbocycles. The number of likely N-dealkylation sites (tertiary alicyclic amines) is 1. The van der Waals surface area contributed by atoms with Crippen molar-refractivity contribution in [2.75, 3.05) is 59.0 Å². The summed E-state index contributed by atoms with van der Waals surface area (Å²) >= 11 is 0. The van der Waals surface area contributed by atoms with E-state index in [0.717, 1.165) is 18.8 Å². The maximum atomic E-state index is 8.79. The Bertz CT molecular complexity index is 212. The molecule has 0 amide bonds. The van der Waals surface area contributed by atoms with Crippen molar-refractivity contribution >= 4 is 0 Å². The molecule has 2 aliphatic heterocycles. The third kappa shape index (κ3) is 9.78. The summed E-state index contributed by atoms with van der Waals surface area (Å²) in [6.07, 6.45) is 4.84. The topological polar surface area (TPSA) is 38.7 Å². The molecule has 2 fully saturated rings. The van der Waals surface area contributed by atoms with Crippen LogP contribution >= 0.6 is 0 Å². The van der Waals surface area contributed by atoms with Crippen molar-refractivity contribution in [3.8, 4) is 0 Å². The molecule has 2 rings (SSSR count). The first-order valence-corrected chi connectivity index (χ1v) is 9.65. The average molecular weight is 316 g/mol. The number of hydrogen-bond donors (Lipinski definition) is 2. The first-order valence-electron chi connectivity index (χ1n) is 9.65. The summed E-state index contributed by atoms with van der Waals surface area (Å²) in [6.45, 7) is 18.2. The zero-order chi connectivity index (χ0) is 16.6. The Morgan fingerprint density at radius 2 is 1.45 bits per heavy atom. The molecule has 0 radical (unpaired) electrons. The van der Waals surface area contributed by atoms with E-state index in [9.17, 15) is 0 Å². The lowest BCUT2D eigenvalue weighted by Gasteiger charge is -2.36. The van der Waals surface area contributed by atoms with Crippen LogP contribution in [0.2, 0.25) is 0 Å². The number of aliphatic hydroxyl groups excluding tert-OH is 1. The number of hydrogen-bond acceptors (Lipinski definition) is 4. The predicted molar refractivity (Wildman–Crippen MR) is 97.5 cm³/mol. The van der Waals surface area contributed by atoms with Crippen LogP contribution in [0.25, 0.3) is 0 Å². The zero-order valence-corrected chi connectivity index (χ0v) is 15.6. The van der Waals surface area contributed by atoms with Gasteiger partial charge in [-0.3, -0.25) is 0 Å². The minimum absolute atomic E-state index is 0.347. The van der Waals surface area contributed by atoms with Crippen molar-refractivity contribution in [3.05, 3.63) is 0 Å². The lowest BCUT2D eigenvalue weighted by Crippen LogP contribution is -2.46. The Balaban J connectivity index is 0.00000102. The zero-order valence-electron chi connectivity index (χ0n) is 15.6. The molecule has 0 saturated carbocycles. The Hall–Kier alpha value is -0.160. The second kappa shape index (κ2) is 15.7. The van der Waals surface area contributed by atoms with Crippen LogP contribution in [-0.4, -0.2) is 73.9 Å². The van der Waals surface area contributed by atoms with Crippen LogP contribution in [0.1, 0.15) is 53.4 Å². The van der Waals surface area contributed by atoms with Crippen molar-refractivity contribution in [2.24, 2.45) is 5.92 Å². The van der Waals surface area contributed by atoms with Crippen LogP contribution in [0.4, 0.5) is 0 Å². The highest BCUT2D eigenvalue weighted by atomic mass is 16.2. The summed E-state index contributed by atoms with van der Waals surface area (Å²) in [7, 11) is 0. The van der Waals surface area contributed by atoms with Gasteiger partial charge in [0.1, 0.15) is 0 Å². The number of piperidine rings is 1. The lowest BCUT2D eigenvalue weighted by atomic mass is 9.96. The van der Waals surface area contributed by atoms with Crippen LogP contribution in [0.5, 0.6) is 0 Å². The summed E-state index contributed by atoms with van der Waals surface area (Å²) in [6, 6.07) is 0. The summed E-state index contributed by atoms with van der Waals surface area (Å²) in [4.78, 5) is 5.20. The van der Waals surface area contributed by atoms with Crippen LogP contribution in [0, 0.1) is 5.92 Å². The van der Waals surface area contributed by atoms with E-state index >= 15 is 0 Å². The largest absolute Gasteiger partial charge is 0.396 e. The maximum Gasteiger partial charge on any atom is 0.0431 e. The molecule has 0 bridgehead atoms. The fourth-order valence-corrected chi connectivity index (χ4v) is 3.10. The van der Waals surface area contributed by atoms with Gasteiger partial charge in [0.2, 0.25) is 0 Å². The summed E-state index contributed by atoms with van der Waals surface area (Å²) in [5.74, 6) is 0.914. The third-order valence-corrected chi connectivity index (χ3v) is 4.32. The highest BCUT2D eigenvalue weighted by Gasteiger charge is 2.21. The molecule has 0 aromatic heterocycles. The van der Waals surface area contributed by atoms with Gasteiger partial charge in [-0.15, -0.1) is 0 Å². The van der Waals surface area contributed by atoms with E-state index in [-0.39, 0.29) is 0 Å². The number of nitrogens with zero attached hydrogens (tertiary/aromatic N) is 2. The van der Waals surface area contributed by atoms with Gasteiger partial charge in [0.15, 0.2) is 0 Å². The molecule has 0 atom stereocenters. The first-order chi connectivity index (χ1) is 10.9. The molecule has 2 aliphatic rings. The molecule has 22 heavy (non-hydrogen) atoms. The smallest absolute Gasteiger partial charge is 0.0431 e. The van der Waals surface area contributed by atoms with E-state index < -0.39 is 0 Å². The van der Waals surface area contributed by atoms with Gasteiger partial charge < -0.3 is 20.2 Å². The van der Waals surface area contributed by atoms with E-state index in [1.165, 1.54) is 65.2 Å². The standard InChI is InChI=1S/C14H29N3O.2C2H6/c18-12-2-1-7-16-8-3-14(4-9-16)13-17-10-5-15-6-11-17;2*1-2/h14-15,18H,1-13H2;2*1-2H3. The minimum Gasteiger partial charge on any atom is -0.396 e. The Morgan fingerprint density at radius 3 is 2.00 bits per heavy atom. The van der Waals surface area contributed by atoms with Crippen molar-refractivity contribution in [2.45, 2.75) is 53.4 Å². The fourth-order valence-electron chi connectivity index (χ4n) is 3.10. The van der Waals surface area contributed by atoms with E-state index in [1.54, 1.807) is 0 Å². The molecular weight excluding hydrogens is 274 g/mol. The van der Waals surface area contributed by atoms with Gasteiger partial charge in [-0.2, -0.15) is 0 Å². The Kier molecular flexibility index (Phi) is 15.6. The number of nitrogens with one attached hydrogen (secondary N) is 1. The number of rotatable bonds is 6. The van der Waals surface area contributed by atoms with E-state index in [2.05, 4.69) is 15.1 Å². The van der Waals surface area contributed by atoms with Crippen LogP contribution < -0.4 is 5.32 Å². The Labute approximate surface area is 139 Å². The third-order valence-electron chi connectivity index (χ3n) is 4.32. The summed E-state index contributed by atoms with van der Waals surface area (Å²) in [5, 5.41) is 12.2. The van der Waals surface area contributed by atoms with Gasteiger partial charge >= 0.3 is 0 Å². The van der Waals surface area contributed by atoms with Gasteiger partial charge in [0, 0.05) is 39.3 Å². The minimum atomic E-state index is 0.347. The van der Waals surface area contributed by atoms with Crippen molar-refractivity contribution in [1.82, 2.24) is 15.1 Å². The molecule has 0 spiro atoms. The quantitative estimate of drug-likeness (QED) is 0.739. The molecular formula is C18H41N3O. The maximum absolute atomic E-state index is 8.79. The fraction of sp³-hybridized carbons (Fsp3) is 1.00. The normalized spacial score (nSPS) is 20.6. The second-order valence-electron chi connectivity index (χ2n) is 5.77. The molecule has 4 nitrogen and oxygen atoms in total. The Morgan fingerprint density at radius 1 is 0.864 bits per heavy atom. The van der Waals surface area contributed by atoms with Gasteiger partial charge in [0.05, 0.1) is 0 Å². The number of aliphatic hydroxyl groups is 1. The summed E-state index contributed by atoms with van der Waals surface area (Å²) < 4.78 is 0. The molecule has 134 valence electrons. The van der Waals surface area contributed by atoms with Crippen LogP contribution in [0.15, 0.2) is 0 Å². The van der Waals surface area contributed by atoms with Crippen LogP contribution in [0.3, 0.4) is 0 Å². The molecule has 0 aliphatic carbocycles. The number of unbranched alkanes of at least 4 members (excludes halogenated alkanes) is 1. The monoisotopic (exact) mass is 315 g/mol. The van der Waals surface area contributed by atoms with Gasteiger partial charge in [0.25, 0.3) is 0 Å². The highest BCUT2D eigenvalue weighted by molar-refractivity contribution is 4.77. The molecule has 2 saturated heterocycles. The second-order valence-corrected chi connectivity index (χ2v) is 5.77. The first kappa shape index (κ1) is 21.8. The SMILES string of the molecule is CC.CC.OCCCCN1CCC(CN2CCNCC2)CC1.